The fraction of sp³-hybridized carbons (Fsp3) is 0.905. The third-order valence-corrected chi connectivity index (χ3v) is 4.64. The molecule has 4 heteroatoms. The predicted octanol–water partition coefficient (Wildman–Crippen LogP) is 6.26. The van der Waals surface area contributed by atoms with Crippen molar-refractivity contribution in [2.45, 2.75) is 123 Å². The molecular formula is C21H40O4. The summed E-state index contributed by atoms with van der Waals surface area (Å²) in [6.45, 7) is 3.64. The molecule has 0 spiro atoms. The van der Waals surface area contributed by atoms with Crippen LogP contribution in [0.2, 0.25) is 0 Å². The Hall–Kier alpha value is -1.06. The van der Waals surface area contributed by atoms with Gasteiger partial charge in [0.15, 0.2) is 6.10 Å². The van der Waals surface area contributed by atoms with E-state index in [2.05, 4.69) is 6.92 Å². The minimum Gasteiger partial charge on any atom is -0.479 e. The molecule has 0 aromatic heterocycles. The van der Waals surface area contributed by atoms with E-state index in [9.17, 15) is 9.59 Å². The average Bonchev–Trinajstić information content (AvgIpc) is 2.58. The molecule has 0 aliphatic rings. The summed E-state index contributed by atoms with van der Waals surface area (Å²) < 4.78 is 4.79. The van der Waals surface area contributed by atoms with Crippen LogP contribution in [0.25, 0.3) is 0 Å². The highest BCUT2D eigenvalue weighted by molar-refractivity contribution is 5.77. The molecule has 148 valence electrons. The number of carbonyl (C=O) groups is 2. The zero-order valence-corrected chi connectivity index (χ0v) is 16.6. The first-order valence-electron chi connectivity index (χ1n) is 10.5. The van der Waals surface area contributed by atoms with Gasteiger partial charge in [-0.05, 0) is 13.3 Å². The van der Waals surface area contributed by atoms with Crippen LogP contribution in [-0.4, -0.2) is 23.1 Å². The van der Waals surface area contributed by atoms with Crippen LogP contribution in [0.3, 0.4) is 0 Å². The Kier molecular flexibility index (Phi) is 17.0. The molecular weight excluding hydrogens is 316 g/mol. The third-order valence-electron chi connectivity index (χ3n) is 4.64. The van der Waals surface area contributed by atoms with Gasteiger partial charge in [-0.25, -0.2) is 4.79 Å². The zero-order chi connectivity index (χ0) is 18.8. The zero-order valence-electron chi connectivity index (χ0n) is 16.6. The summed E-state index contributed by atoms with van der Waals surface area (Å²) >= 11 is 0. The fourth-order valence-electron chi connectivity index (χ4n) is 2.95. The van der Waals surface area contributed by atoms with E-state index in [-0.39, 0.29) is 0 Å². The number of carboxylic acids is 1. The third kappa shape index (κ3) is 17.6. The van der Waals surface area contributed by atoms with E-state index in [0.29, 0.717) is 6.42 Å². The van der Waals surface area contributed by atoms with Crippen LogP contribution in [0.1, 0.15) is 117 Å². The topological polar surface area (TPSA) is 63.6 Å². The summed E-state index contributed by atoms with van der Waals surface area (Å²) in [5, 5.41) is 8.66. The number of carboxylic acid groups (broad SMARTS) is 1. The van der Waals surface area contributed by atoms with Gasteiger partial charge >= 0.3 is 11.9 Å². The molecule has 25 heavy (non-hydrogen) atoms. The Morgan fingerprint density at radius 1 is 0.720 bits per heavy atom. The number of carbonyl (C=O) groups excluding carboxylic acids is 1. The van der Waals surface area contributed by atoms with Crippen molar-refractivity contribution in [2.75, 3.05) is 0 Å². The van der Waals surface area contributed by atoms with Crippen molar-refractivity contribution in [3.8, 4) is 0 Å². The molecule has 0 saturated carbocycles. The van der Waals surface area contributed by atoms with Crippen molar-refractivity contribution < 1.29 is 19.4 Å². The van der Waals surface area contributed by atoms with Crippen molar-refractivity contribution in [1.82, 2.24) is 0 Å². The molecule has 4 nitrogen and oxygen atoms in total. The molecule has 0 aliphatic carbocycles. The van der Waals surface area contributed by atoms with Gasteiger partial charge in [-0.15, -0.1) is 0 Å². The summed E-state index contributed by atoms with van der Waals surface area (Å²) in [7, 11) is 0. The van der Waals surface area contributed by atoms with Crippen LogP contribution in [0.15, 0.2) is 0 Å². The highest BCUT2D eigenvalue weighted by Gasteiger charge is 2.15. The summed E-state index contributed by atoms with van der Waals surface area (Å²) in [5.74, 6) is -1.49. The maximum Gasteiger partial charge on any atom is 0.344 e. The van der Waals surface area contributed by atoms with Crippen LogP contribution in [0, 0.1) is 0 Å². The molecule has 0 heterocycles. The van der Waals surface area contributed by atoms with Crippen molar-refractivity contribution in [1.29, 1.82) is 0 Å². The quantitative estimate of drug-likeness (QED) is 0.232. The molecule has 0 saturated heterocycles. The summed E-state index contributed by atoms with van der Waals surface area (Å²) in [5.41, 5.74) is 0. The predicted molar refractivity (Wildman–Crippen MR) is 103 cm³/mol. The summed E-state index contributed by atoms with van der Waals surface area (Å²) in [4.78, 5) is 22.0. The van der Waals surface area contributed by atoms with Crippen molar-refractivity contribution in [3.63, 3.8) is 0 Å². The molecule has 0 aromatic rings. The number of esters is 1. The van der Waals surface area contributed by atoms with E-state index >= 15 is 0 Å². The smallest absolute Gasteiger partial charge is 0.344 e. The van der Waals surface area contributed by atoms with E-state index in [1.807, 2.05) is 0 Å². The first kappa shape index (κ1) is 23.9. The monoisotopic (exact) mass is 356 g/mol. The van der Waals surface area contributed by atoms with Gasteiger partial charge in [-0.1, -0.05) is 96.8 Å². The van der Waals surface area contributed by atoms with Crippen molar-refractivity contribution in [2.24, 2.45) is 0 Å². The molecule has 0 radical (unpaired) electrons. The van der Waals surface area contributed by atoms with E-state index in [1.165, 1.54) is 84.0 Å². The minimum atomic E-state index is -1.09. The molecule has 1 N–H and O–H groups in total. The Morgan fingerprint density at radius 2 is 1.08 bits per heavy atom. The average molecular weight is 357 g/mol. The Bertz CT molecular complexity index is 328. The first-order chi connectivity index (χ1) is 12.1. The second-order valence-corrected chi connectivity index (χ2v) is 7.17. The van der Waals surface area contributed by atoms with Crippen LogP contribution in [0.4, 0.5) is 0 Å². The summed E-state index contributed by atoms with van der Waals surface area (Å²) in [6, 6.07) is 0. The van der Waals surface area contributed by atoms with Gasteiger partial charge in [-0.3, -0.25) is 4.79 Å². The fourth-order valence-corrected chi connectivity index (χ4v) is 2.95. The van der Waals surface area contributed by atoms with Gasteiger partial charge in [0.25, 0.3) is 0 Å². The van der Waals surface area contributed by atoms with Crippen molar-refractivity contribution >= 4 is 11.9 Å². The van der Waals surface area contributed by atoms with Gasteiger partial charge < -0.3 is 9.84 Å². The van der Waals surface area contributed by atoms with Gasteiger partial charge in [0.2, 0.25) is 0 Å². The minimum absolute atomic E-state index is 0.329. The Balaban J connectivity index is 3.19. The maximum absolute atomic E-state index is 11.4. The van der Waals surface area contributed by atoms with E-state index in [1.54, 1.807) is 0 Å². The van der Waals surface area contributed by atoms with E-state index in [0.717, 1.165) is 19.3 Å². The number of rotatable bonds is 18. The van der Waals surface area contributed by atoms with Crippen molar-refractivity contribution in [3.05, 3.63) is 0 Å². The molecule has 0 bridgehead atoms. The lowest BCUT2D eigenvalue weighted by atomic mass is 10.0. The van der Waals surface area contributed by atoms with Gasteiger partial charge in [0, 0.05) is 6.42 Å². The van der Waals surface area contributed by atoms with Crippen LogP contribution < -0.4 is 0 Å². The standard InChI is InChI=1S/C21H40O4/c1-3-4-5-6-7-8-9-10-11-12-13-14-15-16-17-18-20(22)25-19(2)21(23)24/h19H,3-18H2,1-2H3,(H,23,24). The van der Waals surface area contributed by atoms with Crippen LogP contribution in [-0.2, 0) is 14.3 Å². The maximum atomic E-state index is 11.4. The van der Waals surface area contributed by atoms with Gasteiger partial charge in [-0.2, -0.15) is 0 Å². The molecule has 0 fully saturated rings. The molecule has 0 aromatic carbocycles. The van der Waals surface area contributed by atoms with Gasteiger partial charge in [0.1, 0.15) is 0 Å². The molecule has 0 amide bonds. The lowest BCUT2D eigenvalue weighted by molar-refractivity contribution is -0.162. The number of hydrogen-bond donors (Lipinski definition) is 1. The Morgan fingerprint density at radius 3 is 1.44 bits per heavy atom. The molecule has 0 aliphatic heterocycles. The second kappa shape index (κ2) is 17.8. The van der Waals surface area contributed by atoms with Gasteiger partial charge in [0.05, 0.1) is 0 Å². The first-order valence-corrected chi connectivity index (χ1v) is 10.5. The normalized spacial score (nSPS) is 12.1. The SMILES string of the molecule is CCCCCCCCCCCCCCCCCC(=O)OC(C)C(=O)O. The number of unbranched alkanes of at least 4 members (excludes halogenated alkanes) is 14. The lowest BCUT2D eigenvalue weighted by Crippen LogP contribution is -2.23. The second-order valence-electron chi connectivity index (χ2n) is 7.17. The van der Waals surface area contributed by atoms with E-state index in [4.69, 9.17) is 9.84 Å². The summed E-state index contributed by atoms with van der Waals surface area (Å²) in [6.07, 6.45) is 18.6. The van der Waals surface area contributed by atoms with E-state index < -0.39 is 18.0 Å². The molecule has 1 atom stereocenters. The highest BCUT2D eigenvalue weighted by atomic mass is 16.6. The Labute approximate surface area is 154 Å². The lowest BCUT2D eigenvalue weighted by Gasteiger charge is -2.08. The number of aliphatic carboxylic acids is 1. The van der Waals surface area contributed by atoms with Crippen LogP contribution >= 0.6 is 0 Å². The molecule has 1 unspecified atom stereocenters. The number of ether oxygens (including phenoxy) is 1. The molecule has 0 rings (SSSR count). The van der Waals surface area contributed by atoms with Crippen LogP contribution in [0.5, 0.6) is 0 Å². The number of hydrogen-bond acceptors (Lipinski definition) is 3. The highest BCUT2D eigenvalue weighted by Crippen LogP contribution is 2.13. The largest absolute Gasteiger partial charge is 0.479 e.